The van der Waals surface area contributed by atoms with Gasteiger partial charge in [-0.25, -0.2) is 30.8 Å². The maximum absolute atomic E-state index is 14.1. The summed E-state index contributed by atoms with van der Waals surface area (Å²) in [6.07, 6.45) is 0.0296. The minimum atomic E-state index is -3.33. The van der Waals surface area contributed by atoms with E-state index < -0.39 is 58.4 Å². The van der Waals surface area contributed by atoms with Gasteiger partial charge in [0.05, 0.1) is 17.4 Å². The molecule has 1 N–H and O–H groups in total. The highest BCUT2D eigenvalue weighted by Gasteiger charge is 2.51. The van der Waals surface area contributed by atoms with Gasteiger partial charge in [-0.1, -0.05) is 12.1 Å². The van der Waals surface area contributed by atoms with Gasteiger partial charge in [0.2, 0.25) is 5.91 Å². The van der Waals surface area contributed by atoms with Crippen LogP contribution in [0.3, 0.4) is 0 Å². The van der Waals surface area contributed by atoms with Crippen LogP contribution in [0.5, 0.6) is 0 Å². The van der Waals surface area contributed by atoms with E-state index >= 15 is 0 Å². The molecular formula is C30H37F4N3O5S. The molecule has 1 aliphatic carbocycles. The van der Waals surface area contributed by atoms with Crippen molar-refractivity contribution in [2.24, 2.45) is 0 Å². The van der Waals surface area contributed by atoms with Crippen LogP contribution in [0.2, 0.25) is 0 Å². The molecule has 0 spiro atoms. The maximum Gasteiger partial charge on any atom is 0.408 e. The Morgan fingerprint density at radius 1 is 1.02 bits per heavy atom. The topological polar surface area (TPSA) is 98.2 Å². The molecule has 1 heterocycles. The van der Waals surface area contributed by atoms with E-state index in [-0.39, 0.29) is 35.2 Å². The van der Waals surface area contributed by atoms with Crippen LogP contribution >= 0.6 is 0 Å². The normalized spacial score (nSPS) is 18.6. The molecule has 2 aromatic rings. The van der Waals surface area contributed by atoms with Crippen LogP contribution in [-0.2, 0) is 21.1 Å². The third-order valence-electron chi connectivity index (χ3n) is 8.37. The van der Waals surface area contributed by atoms with E-state index in [0.29, 0.717) is 50.7 Å². The Kier molecular flexibility index (Phi) is 10.1. The molecule has 236 valence electrons. The van der Waals surface area contributed by atoms with Gasteiger partial charge in [0, 0.05) is 63.4 Å². The first-order chi connectivity index (χ1) is 20.2. The maximum atomic E-state index is 14.1. The SMILES string of the molecule is CCN(C(=O)Cc1ccc(S(C)(=O)=O)cc1)C1CCN(CC[C@@H](c2cc(F)cc(F)c2)N(C(=O)O)C2CC(F)(F)C2)CC1. The first-order valence-corrected chi connectivity index (χ1v) is 16.2. The fourth-order valence-corrected chi connectivity index (χ4v) is 6.76. The molecule has 0 aromatic heterocycles. The lowest BCUT2D eigenvalue weighted by Crippen LogP contribution is -2.54. The number of amides is 2. The van der Waals surface area contributed by atoms with Crippen LogP contribution in [-0.4, -0.2) is 90.7 Å². The average Bonchev–Trinajstić information content (AvgIpc) is 2.90. The zero-order chi connectivity index (χ0) is 31.5. The number of hydrogen-bond acceptors (Lipinski definition) is 5. The third kappa shape index (κ3) is 8.26. The molecule has 1 aliphatic heterocycles. The second-order valence-corrected chi connectivity index (χ2v) is 13.5. The lowest BCUT2D eigenvalue weighted by molar-refractivity contribution is -0.133. The fraction of sp³-hybridized carbons (Fsp3) is 0.533. The Labute approximate surface area is 249 Å². The van der Waals surface area contributed by atoms with Crippen molar-refractivity contribution < 1.29 is 40.7 Å². The van der Waals surface area contributed by atoms with Crippen molar-refractivity contribution in [1.82, 2.24) is 14.7 Å². The van der Waals surface area contributed by atoms with Crippen LogP contribution < -0.4 is 0 Å². The van der Waals surface area contributed by atoms with E-state index in [1.165, 1.54) is 12.1 Å². The van der Waals surface area contributed by atoms with Crippen molar-refractivity contribution in [2.75, 3.05) is 32.4 Å². The summed E-state index contributed by atoms with van der Waals surface area (Å²) in [6, 6.07) is 7.03. The van der Waals surface area contributed by atoms with E-state index in [4.69, 9.17) is 0 Å². The fourth-order valence-electron chi connectivity index (χ4n) is 6.13. The van der Waals surface area contributed by atoms with Gasteiger partial charge < -0.3 is 14.9 Å². The lowest BCUT2D eigenvalue weighted by atomic mass is 9.85. The summed E-state index contributed by atoms with van der Waals surface area (Å²) in [4.78, 5) is 30.3. The highest BCUT2D eigenvalue weighted by molar-refractivity contribution is 7.90. The number of hydrogen-bond donors (Lipinski definition) is 1. The smallest absolute Gasteiger partial charge is 0.408 e. The van der Waals surface area contributed by atoms with Gasteiger partial charge in [-0.15, -0.1) is 0 Å². The molecule has 2 fully saturated rings. The number of likely N-dealkylation sites (tertiary alicyclic amines) is 1. The van der Waals surface area contributed by atoms with Crippen molar-refractivity contribution in [3.63, 3.8) is 0 Å². The molecule has 43 heavy (non-hydrogen) atoms. The number of carbonyl (C=O) groups excluding carboxylic acids is 1. The summed E-state index contributed by atoms with van der Waals surface area (Å²) in [5.41, 5.74) is 0.789. The van der Waals surface area contributed by atoms with Gasteiger partial charge in [-0.2, -0.15) is 0 Å². The van der Waals surface area contributed by atoms with Gasteiger partial charge in [0.15, 0.2) is 9.84 Å². The Morgan fingerprint density at radius 3 is 2.09 bits per heavy atom. The summed E-state index contributed by atoms with van der Waals surface area (Å²) in [7, 11) is -3.33. The largest absolute Gasteiger partial charge is 0.465 e. The minimum absolute atomic E-state index is 0.0233. The number of alkyl halides is 2. The Hall–Kier alpha value is -3.19. The van der Waals surface area contributed by atoms with Crippen molar-refractivity contribution in [3.05, 3.63) is 65.2 Å². The quantitative estimate of drug-likeness (QED) is 0.347. The van der Waals surface area contributed by atoms with Crippen molar-refractivity contribution in [2.45, 2.75) is 74.4 Å². The lowest BCUT2D eigenvalue weighted by Gasteiger charge is -2.45. The number of carboxylic acid groups (broad SMARTS) is 1. The number of nitrogens with zero attached hydrogens (tertiary/aromatic N) is 3. The van der Waals surface area contributed by atoms with Crippen LogP contribution in [0.25, 0.3) is 0 Å². The predicted molar refractivity (Wildman–Crippen MR) is 152 cm³/mol. The standard InChI is InChI=1S/C30H37F4N3O5S/c1-3-36(28(38)14-20-4-6-26(7-5-20)43(2,41)42)24-8-11-35(12-9-24)13-10-27(21-15-22(31)17-23(32)16-21)37(29(39)40)25-18-30(33,34)19-25/h4-7,15-17,24-25,27H,3,8-14,18-19H2,1-2H3,(H,39,40)/t27-/m0/s1. The average molecular weight is 628 g/mol. The van der Waals surface area contributed by atoms with E-state index in [0.717, 1.165) is 23.3 Å². The molecule has 13 heteroatoms. The third-order valence-corrected chi connectivity index (χ3v) is 9.50. The van der Waals surface area contributed by atoms with Crippen molar-refractivity contribution >= 4 is 21.8 Å². The number of halogens is 4. The zero-order valence-electron chi connectivity index (χ0n) is 24.2. The summed E-state index contributed by atoms with van der Waals surface area (Å²) in [5, 5.41) is 9.93. The van der Waals surface area contributed by atoms with Crippen LogP contribution in [0.15, 0.2) is 47.4 Å². The molecule has 2 aromatic carbocycles. The van der Waals surface area contributed by atoms with Gasteiger partial charge in [0.1, 0.15) is 11.6 Å². The van der Waals surface area contributed by atoms with E-state index in [2.05, 4.69) is 4.90 Å². The summed E-state index contributed by atoms with van der Waals surface area (Å²) >= 11 is 0. The van der Waals surface area contributed by atoms with Crippen molar-refractivity contribution in [1.29, 1.82) is 0 Å². The van der Waals surface area contributed by atoms with Crippen LogP contribution in [0.1, 0.15) is 56.2 Å². The summed E-state index contributed by atoms with van der Waals surface area (Å²) in [6.45, 7) is 3.95. The molecule has 2 aliphatic rings. The van der Waals surface area contributed by atoms with Crippen LogP contribution in [0.4, 0.5) is 22.4 Å². The van der Waals surface area contributed by atoms with Gasteiger partial charge in [-0.3, -0.25) is 9.69 Å². The summed E-state index contributed by atoms with van der Waals surface area (Å²) < 4.78 is 78.9. The van der Waals surface area contributed by atoms with E-state index in [9.17, 15) is 40.7 Å². The number of likely N-dealkylation sites (N-methyl/N-ethyl adjacent to an activating group) is 1. The second kappa shape index (κ2) is 13.2. The number of sulfone groups is 1. The second-order valence-electron chi connectivity index (χ2n) is 11.5. The monoisotopic (exact) mass is 627 g/mol. The number of rotatable bonds is 11. The van der Waals surface area contributed by atoms with Gasteiger partial charge in [0.25, 0.3) is 5.92 Å². The molecule has 1 saturated heterocycles. The minimum Gasteiger partial charge on any atom is -0.465 e. The van der Waals surface area contributed by atoms with Crippen molar-refractivity contribution in [3.8, 4) is 0 Å². The first-order valence-electron chi connectivity index (χ1n) is 14.3. The van der Waals surface area contributed by atoms with Gasteiger partial charge in [-0.05, 0) is 61.6 Å². The predicted octanol–water partition coefficient (Wildman–Crippen LogP) is 5.13. The molecule has 2 amide bonds. The molecular weight excluding hydrogens is 590 g/mol. The molecule has 4 rings (SSSR count). The van der Waals surface area contributed by atoms with Crippen LogP contribution in [0, 0.1) is 11.6 Å². The molecule has 1 saturated carbocycles. The van der Waals surface area contributed by atoms with E-state index in [1.54, 1.807) is 12.1 Å². The molecule has 0 unspecified atom stereocenters. The number of benzene rings is 2. The number of piperidine rings is 1. The molecule has 1 atom stereocenters. The Bertz CT molecular complexity index is 1390. The Morgan fingerprint density at radius 2 is 1.60 bits per heavy atom. The zero-order valence-corrected chi connectivity index (χ0v) is 25.0. The summed E-state index contributed by atoms with van der Waals surface area (Å²) in [5.74, 6) is -4.79. The first kappa shape index (κ1) is 32.7. The van der Waals surface area contributed by atoms with Gasteiger partial charge >= 0.3 is 6.09 Å². The molecule has 0 bridgehead atoms. The van der Waals surface area contributed by atoms with E-state index in [1.807, 2.05) is 11.8 Å². The highest BCUT2D eigenvalue weighted by atomic mass is 32.2. The molecule has 8 nitrogen and oxygen atoms in total. The highest BCUT2D eigenvalue weighted by Crippen LogP contribution is 2.44. The number of carbonyl (C=O) groups is 2. The Balaban J connectivity index is 1.38. The molecule has 0 radical (unpaired) electrons.